The topological polar surface area (TPSA) is 106 Å². The van der Waals surface area contributed by atoms with Crippen molar-refractivity contribution in [3.05, 3.63) is 35.9 Å². The second-order valence-electron chi connectivity index (χ2n) is 10.2. The smallest absolute Gasteiger partial charge is 0.408 e. The lowest BCUT2D eigenvalue weighted by molar-refractivity contribution is -0.124. The van der Waals surface area contributed by atoms with Crippen LogP contribution in [0.5, 0.6) is 0 Å². The quantitative estimate of drug-likeness (QED) is 0.381. The Bertz CT molecular complexity index is 754. The summed E-state index contributed by atoms with van der Waals surface area (Å²) in [4.78, 5) is 36.9. The van der Waals surface area contributed by atoms with Crippen molar-refractivity contribution in [3.8, 4) is 0 Å². The fourth-order valence-electron chi connectivity index (χ4n) is 3.06. The number of unbranched alkanes of at least 4 members (excludes halogenated alkanes) is 1. The van der Waals surface area contributed by atoms with Crippen LogP contribution in [0, 0.1) is 0 Å². The number of alkyl carbamates (subject to hydrolysis) is 2. The molecule has 0 aromatic heterocycles. The van der Waals surface area contributed by atoms with Crippen molar-refractivity contribution in [2.75, 3.05) is 6.54 Å². The largest absolute Gasteiger partial charge is 0.444 e. The molecule has 8 heteroatoms. The lowest BCUT2D eigenvalue weighted by Gasteiger charge is -2.24. The SMILES string of the molecule is CC.C[C@@H](Cc1ccccc1)NC(=O)C(CCCCNC(=O)OC(C)(C)C)NC(=O)OC(C)(C)C. The fraction of sp³-hybridized carbons (Fsp3) is 0.667. The van der Waals surface area contributed by atoms with Gasteiger partial charge in [-0.3, -0.25) is 4.79 Å². The molecule has 3 N–H and O–H groups in total. The molecule has 1 aromatic carbocycles. The number of nitrogens with one attached hydrogen (secondary N) is 3. The fourth-order valence-corrected chi connectivity index (χ4v) is 3.06. The van der Waals surface area contributed by atoms with Gasteiger partial charge >= 0.3 is 12.2 Å². The summed E-state index contributed by atoms with van der Waals surface area (Å²) in [5.41, 5.74) is -0.0976. The Morgan fingerprint density at radius 2 is 1.37 bits per heavy atom. The van der Waals surface area contributed by atoms with Gasteiger partial charge in [-0.1, -0.05) is 44.2 Å². The molecule has 0 bridgehead atoms. The normalized spacial score (nSPS) is 12.8. The van der Waals surface area contributed by atoms with Crippen molar-refractivity contribution < 1.29 is 23.9 Å². The van der Waals surface area contributed by atoms with Crippen LogP contribution < -0.4 is 16.0 Å². The molecule has 2 atom stereocenters. The number of rotatable bonds is 10. The number of carbonyl (C=O) groups is 3. The molecule has 1 rings (SSSR count). The number of hydrogen-bond acceptors (Lipinski definition) is 5. The van der Waals surface area contributed by atoms with Gasteiger partial charge in [0, 0.05) is 12.6 Å². The Labute approximate surface area is 211 Å². The minimum absolute atomic E-state index is 0.100. The molecule has 0 radical (unpaired) electrons. The van der Waals surface area contributed by atoms with Crippen molar-refractivity contribution in [2.45, 2.75) is 111 Å². The molecular formula is C27H47N3O5. The molecule has 0 spiro atoms. The first-order chi connectivity index (χ1) is 16.2. The second kappa shape index (κ2) is 16.0. The van der Waals surface area contributed by atoms with Crippen LogP contribution in [0.1, 0.15) is 87.1 Å². The average Bonchev–Trinajstić information content (AvgIpc) is 2.72. The zero-order valence-electron chi connectivity index (χ0n) is 23.1. The van der Waals surface area contributed by atoms with Gasteiger partial charge in [-0.2, -0.15) is 0 Å². The van der Waals surface area contributed by atoms with Gasteiger partial charge in [-0.05, 0) is 79.7 Å². The number of benzene rings is 1. The van der Waals surface area contributed by atoms with Gasteiger partial charge in [0.15, 0.2) is 0 Å². The molecule has 200 valence electrons. The average molecular weight is 494 g/mol. The molecule has 0 aliphatic heterocycles. The highest BCUT2D eigenvalue weighted by Crippen LogP contribution is 2.10. The van der Waals surface area contributed by atoms with Crippen LogP contribution in [-0.2, 0) is 20.7 Å². The van der Waals surface area contributed by atoms with E-state index >= 15 is 0 Å². The summed E-state index contributed by atoms with van der Waals surface area (Å²) in [7, 11) is 0. The van der Waals surface area contributed by atoms with E-state index in [2.05, 4.69) is 16.0 Å². The maximum atomic E-state index is 12.9. The summed E-state index contributed by atoms with van der Waals surface area (Å²) in [5.74, 6) is -0.260. The van der Waals surface area contributed by atoms with E-state index in [1.54, 1.807) is 41.5 Å². The van der Waals surface area contributed by atoms with Crippen molar-refractivity contribution in [1.82, 2.24) is 16.0 Å². The molecule has 8 nitrogen and oxygen atoms in total. The van der Waals surface area contributed by atoms with Crippen LogP contribution >= 0.6 is 0 Å². The van der Waals surface area contributed by atoms with Gasteiger partial charge in [-0.15, -0.1) is 0 Å². The first-order valence-corrected chi connectivity index (χ1v) is 12.6. The highest BCUT2D eigenvalue weighted by molar-refractivity contribution is 5.85. The molecule has 1 unspecified atom stereocenters. The standard InChI is InChI=1S/C25H41N3O5.C2H6/c1-18(17-19-13-9-8-10-14-19)27-21(29)20(28-23(31)33-25(5,6)7)15-11-12-16-26-22(30)32-24(2,3)4;1-2/h8-10,13-14,18,20H,11-12,15-17H2,1-7H3,(H,26,30)(H,27,29)(H,28,31);1-2H3/t18-,20?;/m0./s1. The summed E-state index contributed by atoms with van der Waals surface area (Å²) in [6.45, 7) is 17.1. The van der Waals surface area contributed by atoms with E-state index < -0.39 is 29.4 Å². The molecule has 0 fully saturated rings. The molecule has 0 saturated heterocycles. The third-order valence-corrected chi connectivity index (χ3v) is 4.37. The van der Waals surface area contributed by atoms with E-state index in [4.69, 9.17) is 9.47 Å². The number of hydrogen-bond donors (Lipinski definition) is 3. The van der Waals surface area contributed by atoms with E-state index in [-0.39, 0.29) is 11.9 Å². The van der Waals surface area contributed by atoms with Crippen LogP contribution in [0.2, 0.25) is 0 Å². The van der Waals surface area contributed by atoms with Gasteiger partial charge in [0.05, 0.1) is 0 Å². The van der Waals surface area contributed by atoms with E-state index in [0.29, 0.717) is 32.2 Å². The molecule has 0 aliphatic rings. The third kappa shape index (κ3) is 17.3. The molecule has 35 heavy (non-hydrogen) atoms. The molecule has 0 saturated carbocycles. The van der Waals surface area contributed by atoms with Gasteiger partial charge in [0.1, 0.15) is 17.2 Å². The third-order valence-electron chi connectivity index (χ3n) is 4.37. The van der Waals surface area contributed by atoms with Crippen LogP contribution in [-0.4, -0.2) is 47.9 Å². The number of carbonyl (C=O) groups excluding carboxylic acids is 3. The maximum Gasteiger partial charge on any atom is 0.408 e. The predicted octanol–water partition coefficient (Wildman–Crippen LogP) is 5.35. The van der Waals surface area contributed by atoms with Crippen LogP contribution in [0.3, 0.4) is 0 Å². The minimum atomic E-state index is -0.736. The van der Waals surface area contributed by atoms with Crippen molar-refractivity contribution in [1.29, 1.82) is 0 Å². The minimum Gasteiger partial charge on any atom is -0.444 e. The second-order valence-corrected chi connectivity index (χ2v) is 10.2. The monoisotopic (exact) mass is 493 g/mol. The summed E-state index contributed by atoms with van der Waals surface area (Å²) in [5, 5.41) is 8.37. The molecule has 1 aromatic rings. The van der Waals surface area contributed by atoms with E-state index in [9.17, 15) is 14.4 Å². The zero-order valence-corrected chi connectivity index (χ0v) is 23.1. The lowest BCUT2D eigenvalue weighted by atomic mass is 10.1. The van der Waals surface area contributed by atoms with Gasteiger partial charge in [0.2, 0.25) is 5.91 Å². The Hall–Kier alpha value is -2.77. The maximum absolute atomic E-state index is 12.9. The molecule has 0 aliphatic carbocycles. The van der Waals surface area contributed by atoms with E-state index in [0.717, 1.165) is 5.56 Å². The summed E-state index contributed by atoms with van der Waals surface area (Å²) < 4.78 is 10.5. The highest BCUT2D eigenvalue weighted by atomic mass is 16.6. The Balaban J connectivity index is 0.00000562. The molecule has 0 heterocycles. The van der Waals surface area contributed by atoms with Crippen LogP contribution in [0.4, 0.5) is 9.59 Å². The zero-order chi connectivity index (χ0) is 27.1. The van der Waals surface area contributed by atoms with Gasteiger partial charge in [0.25, 0.3) is 0 Å². The van der Waals surface area contributed by atoms with E-state index in [1.165, 1.54) is 0 Å². The Morgan fingerprint density at radius 3 is 1.91 bits per heavy atom. The Kier molecular flexibility index (Phi) is 14.7. The summed E-state index contributed by atoms with van der Waals surface area (Å²) in [6.07, 6.45) is 1.25. The van der Waals surface area contributed by atoms with Gasteiger partial charge in [-0.25, -0.2) is 9.59 Å². The first kappa shape index (κ1) is 32.2. The predicted molar refractivity (Wildman–Crippen MR) is 140 cm³/mol. The number of amides is 3. The van der Waals surface area contributed by atoms with Crippen molar-refractivity contribution in [3.63, 3.8) is 0 Å². The van der Waals surface area contributed by atoms with E-state index in [1.807, 2.05) is 51.1 Å². The van der Waals surface area contributed by atoms with Crippen LogP contribution in [0.15, 0.2) is 30.3 Å². The molecular weight excluding hydrogens is 446 g/mol. The first-order valence-electron chi connectivity index (χ1n) is 12.6. The van der Waals surface area contributed by atoms with Crippen molar-refractivity contribution >= 4 is 18.1 Å². The van der Waals surface area contributed by atoms with Crippen molar-refractivity contribution in [2.24, 2.45) is 0 Å². The number of ether oxygens (including phenoxy) is 2. The highest BCUT2D eigenvalue weighted by Gasteiger charge is 2.25. The molecule has 3 amide bonds. The summed E-state index contributed by atoms with van der Waals surface area (Å²) in [6, 6.07) is 9.05. The Morgan fingerprint density at radius 1 is 0.829 bits per heavy atom. The van der Waals surface area contributed by atoms with Crippen LogP contribution in [0.25, 0.3) is 0 Å². The van der Waals surface area contributed by atoms with Gasteiger partial charge < -0.3 is 25.4 Å². The summed E-state index contributed by atoms with van der Waals surface area (Å²) >= 11 is 0. The lowest BCUT2D eigenvalue weighted by Crippen LogP contribution is -2.50.